The summed E-state index contributed by atoms with van der Waals surface area (Å²) in [6.07, 6.45) is 0. The van der Waals surface area contributed by atoms with Crippen molar-refractivity contribution in [2.24, 2.45) is 0 Å². The molecular weight excluding hydrogens is 226 g/mol. The summed E-state index contributed by atoms with van der Waals surface area (Å²) in [5.74, 6) is 0.385. The van der Waals surface area contributed by atoms with Crippen molar-refractivity contribution in [2.75, 3.05) is 19.8 Å². The fraction of sp³-hybridized carbons (Fsp3) is 0.600. The number of aromatic hydroxyl groups is 1. The van der Waals surface area contributed by atoms with E-state index >= 15 is 0 Å². The Kier molecular flexibility index (Phi) is 3.64. The Labute approximate surface area is 109 Å². The lowest BCUT2D eigenvalue weighted by Crippen LogP contribution is -2.53. The number of hydrogen-bond donors (Lipinski definition) is 1. The summed E-state index contributed by atoms with van der Waals surface area (Å²) >= 11 is 0. The van der Waals surface area contributed by atoms with Crippen LogP contribution in [0.1, 0.15) is 37.9 Å². The van der Waals surface area contributed by atoms with Gasteiger partial charge >= 0.3 is 0 Å². The molecule has 0 aromatic heterocycles. The molecule has 2 rings (SSSR count). The second kappa shape index (κ2) is 4.90. The molecule has 1 saturated heterocycles. The minimum absolute atomic E-state index is 0.00779. The van der Waals surface area contributed by atoms with Crippen molar-refractivity contribution >= 4 is 0 Å². The van der Waals surface area contributed by atoms with Gasteiger partial charge in [0.05, 0.1) is 13.2 Å². The van der Waals surface area contributed by atoms with Gasteiger partial charge in [0.1, 0.15) is 5.75 Å². The van der Waals surface area contributed by atoms with Gasteiger partial charge in [-0.25, -0.2) is 0 Å². The van der Waals surface area contributed by atoms with Crippen LogP contribution >= 0.6 is 0 Å². The number of rotatable bonds is 2. The first-order valence-electron chi connectivity index (χ1n) is 6.56. The van der Waals surface area contributed by atoms with E-state index in [2.05, 4.69) is 38.7 Å². The highest BCUT2D eigenvalue weighted by Gasteiger charge is 2.34. The maximum Gasteiger partial charge on any atom is 0.120 e. The Hall–Kier alpha value is -1.06. The first kappa shape index (κ1) is 13.4. The number of hydrogen-bond acceptors (Lipinski definition) is 3. The second-order valence-corrected chi connectivity index (χ2v) is 5.80. The normalized spacial score (nSPS) is 21.8. The molecule has 18 heavy (non-hydrogen) atoms. The van der Waals surface area contributed by atoms with Gasteiger partial charge in [-0.1, -0.05) is 17.7 Å². The van der Waals surface area contributed by atoms with E-state index < -0.39 is 0 Å². The molecular formula is C15H23NO2. The van der Waals surface area contributed by atoms with Crippen molar-refractivity contribution in [3.8, 4) is 5.75 Å². The van der Waals surface area contributed by atoms with Crippen LogP contribution in [0, 0.1) is 6.92 Å². The van der Waals surface area contributed by atoms with E-state index in [1.165, 1.54) is 5.56 Å². The first-order chi connectivity index (χ1) is 8.42. The number of phenols is 1. The average Bonchev–Trinajstić information content (AvgIpc) is 2.31. The SMILES string of the molecule is Cc1ccc(O)c(C(C)N2CCOCC2(C)C)c1. The van der Waals surface area contributed by atoms with Crippen molar-refractivity contribution in [2.45, 2.75) is 39.3 Å². The van der Waals surface area contributed by atoms with E-state index in [0.717, 1.165) is 25.3 Å². The molecule has 1 aromatic rings. The fourth-order valence-electron chi connectivity index (χ4n) is 2.76. The van der Waals surface area contributed by atoms with Gasteiger partial charge in [-0.2, -0.15) is 0 Å². The van der Waals surface area contributed by atoms with Crippen LogP contribution in [0.5, 0.6) is 5.75 Å². The quantitative estimate of drug-likeness (QED) is 0.874. The highest BCUT2D eigenvalue weighted by molar-refractivity contribution is 5.38. The van der Waals surface area contributed by atoms with Crippen molar-refractivity contribution in [3.63, 3.8) is 0 Å². The number of ether oxygens (including phenoxy) is 1. The Balaban J connectivity index is 2.29. The van der Waals surface area contributed by atoms with Crippen LogP contribution in [0.15, 0.2) is 18.2 Å². The molecule has 1 heterocycles. The fourth-order valence-corrected chi connectivity index (χ4v) is 2.76. The zero-order valence-corrected chi connectivity index (χ0v) is 11.7. The van der Waals surface area contributed by atoms with Gasteiger partial charge in [-0.05, 0) is 33.8 Å². The second-order valence-electron chi connectivity index (χ2n) is 5.80. The van der Waals surface area contributed by atoms with Gasteiger partial charge < -0.3 is 9.84 Å². The number of benzene rings is 1. The summed E-state index contributed by atoms with van der Waals surface area (Å²) in [7, 11) is 0. The molecule has 1 fully saturated rings. The maximum atomic E-state index is 10.0. The van der Waals surface area contributed by atoms with Gasteiger partial charge in [-0.3, -0.25) is 4.90 Å². The largest absolute Gasteiger partial charge is 0.508 e. The number of aryl methyl sites for hydroxylation is 1. The molecule has 0 radical (unpaired) electrons. The molecule has 1 N–H and O–H groups in total. The van der Waals surface area contributed by atoms with E-state index in [-0.39, 0.29) is 11.6 Å². The van der Waals surface area contributed by atoms with Crippen molar-refractivity contribution in [3.05, 3.63) is 29.3 Å². The van der Waals surface area contributed by atoms with E-state index in [4.69, 9.17) is 4.74 Å². The van der Waals surface area contributed by atoms with E-state index in [1.54, 1.807) is 6.07 Å². The molecule has 0 bridgehead atoms. The lowest BCUT2D eigenvalue weighted by atomic mass is 9.95. The van der Waals surface area contributed by atoms with Gasteiger partial charge in [0.15, 0.2) is 0 Å². The third-order valence-electron chi connectivity index (χ3n) is 3.81. The predicted molar refractivity (Wildman–Crippen MR) is 72.9 cm³/mol. The summed E-state index contributed by atoms with van der Waals surface area (Å²) in [6, 6.07) is 6.00. The molecule has 1 unspecified atom stereocenters. The van der Waals surface area contributed by atoms with Gasteiger partial charge in [0, 0.05) is 23.7 Å². The van der Waals surface area contributed by atoms with Gasteiger partial charge in [0.2, 0.25) is 0 Å². The molecule has 3 nitrogen and oxygen atoms in total. The predicted octanol–water partition coefficient (Wildman–Crippen LogP) is 2.87. The van der Waals surface area contributed by atoms with Crippen molar-refractivity contribution < 1.29 is 9.84 Å². The van der Waals surface area contributed by atoms with Crippen LogP contribution in [0.25, 0.3) is 0 Å². The Morgan fingerprint density at radius 1 is 1.39 bits per heavy atom. The van der Waals surface area contributed by atoms with Gasteiger partial charge in [0.25, 0.3) is 0 Å². The molecule has 100 valence electrons. The molecule has 3 heteroatoms. The summed E-state index contributed by atoms with van der Waals surface area (Å²) < 4.78 is 5.55. The monoisotopic (exact) mass is 249 g/mol. The Morgan fingerprint density at radius 3 is 2.78 bits per heavy atom. The Bertz CT molecular complexity index is 429. The minimum Gasteiger partial charge on any atom is -0.508 e. The van der Waals surface area contributed by atoms with Crippen LogP contribution < -0.4 is 0 Å². The Morgan fingerprint density at radius 2 is 2.11 bits per heavy atom. The lowest BCUT2D eigenvalue weighted by molar-refractivity contribution is -0.0698. The van der Waals surface area contributed by atoms with Crippen LogP contribution in [-0.2, 0) is 4.74 Å². The van der Waals surface area contributed by atoms with E-state index in [9.17, 15) is 5.11 Å². The summed E-state index contributed by atoms with van der Waals surface area (Å²) in [4.78, 5) is 2.41. The molecule has 1 aromatic carbocycles. The smallest absolute Gasteiger partial charge is 0.120 e. The van der Waals surface area contributed by atoms with Gasteiger partial charge in [-0.15, -0.1) is 0 Å². The van der Waals surface area contributed by atoms with Crippen LogP contribution in [0.2, 0.25) is 0 Å². The average molecular weight is 249 g/mol. The highest BCUT2D eigenvalue weighted by Crippen LogP contribution is 2.34. The highest BCUT2D eigenvalue weighted by atomic mass is 16.5. The molecule has 0 amide bonds. The zero-order chi connectivity index (χ0) is 13.3. The third-order valence-corrected chi connectivity index (χ3v) is 3.81. The number of nitrogens with zero attached hydrogens (tertiary/aromatic N) is 1. The topological polar surface area (TPSA) is 32.7 Å². The maximum absolute atomic E-state index is 10.0. The van der Waals surface area contributed by atoms with Crippen LogP contribution in [0.4, 0.5) is 0 Å². The molecule has 0 spiro atoms. The van der Waals surface area contributed by atoms with Crippen LogP contribution in [-0.4, -0.2) is 35.3 Å². The molecule has 0 aliphatic carbocycles. The zero-order valence-electron chi connectivity index (χ0n) is 11.7. The minimum atomic E-state index is 0.00779. The summed E-state index contributed by atoms with van der Waals surface area (Å²) in [5, 5.41) is 10.0. The van der Waals surface area contributed by atoms with Crippen LogP contribution in [0.3, 0.4) is 0 Å². The first-order valence-corrected chi connectivity index (χ1v) is 6.56. The number of phenolic OH excluding ortho intramolecular Hbond substituents is 1. The molecule has 1 atom stereocenters. The summed E-state index contributed by atoms with van der Waals surface area (Å²) in [6.45, 7) is 11.0. The third kappa shape index (κ3) is 2.52. The van der Waals surface area contributed by atoms with Crippen molar-refractivity contribution in [1.82, 2.24) is 4.90 Å². The van der Waals surface area contributed by atoms with Crippen molar-refractivity contribution in [1.29, 1.82) is 0 Å². The molecule has 1 aliphatic rings. The standard InChI is InChI=1S/C15H23NO2/c1-11-5-6-14(17)13(9-11)12(2)16-7-8-18-10-15(16,3)4/h5-6,9,12,17H,7-8,10H2,1-4H3. The number of morpholine rings is 1. The van der Waals surface area contributed by atoms with E-state index in [1.807, 2.05) is 6.07 Å². The molecule has 0 saturated carbocycles. The summed E-state index contributed by atoms with van der Waals surface area (Å²) in [5.41, 5.74) is 2.19. The van der Waals surface area contributed by atoms with E-state index in [0.29, 0.717) is 5.75 Å². The molecule has 1 aliphatic heterocycles. The lowest BCUT2D eigenvalue weighted by Gasteiger charge is -2.45.